The van der Waals surface area contributed by atoms with E-state index in [0.717, 1.165) is 54.0 Å². The molecular formula is C28H36N6O3. The minimum absolute atomic E-state index is 0.0598. The summed E-state index contributed by atoms with van der Waals surface area (Å²) in [4.78, 5) is 14.8. The van der Waals surface area contributed by atoms with Crippen LogP contribution in [0, 0.1) is 0 Å². The highest BCUT2D eigenvalue weighted by Gasteiger charge is 2.14. The number of aldehydes is 1. The number of anilines is 1. The second-order valence-electron chi connectivity index (χ2n) is 10.0. The Labute approximate surface area is 217 Å². The van der Waals surface area contributed by atoms with E-state index in [9.17, 15) is 4.79 Å². The number of carbonyl (C=O) groups is 1. The van der Waals surface area contributed by atoms with Crippen molar-refractivity contribution in [1.82, 2.24) is 24.4 Å². The lowest BCUT2D eigenvalue weighted by Gasteiger charge is -2.22. The standard InChI is InChI=1S/C17H22N6O2.C11H14O/c1-18-15-12-23-16(20-15)6-5-14(21-23)13-10-19-22(11-13)7-9-25-17-4-2-3-8-24-17;1-11(2,3)10-6-4-9(8-12)5-7-10/h5-6,10-12,17-18H,2-4,7-9H2,1H3;4-8H,1-3H3. The molecule has 9 nitrogen and oxygen atoms in total. The van der Waals surface area contributed by atoms with Crippen molar-refractivity contribution in [2.24, 2.45) is 0 Å². The van der Waals surface area contributed by atoms with Crippen molar-refractivity contribution >= 4 is 17.8 Å². The third kappa shape index (κ3) is 7.24. The summed E-state index contributed by atoms with van der Waals surface area (Å²) in [5.41, 5.74) is 4.80. The fourth-order valence-corrected chi connectivity index (χ4v) is 3.96. The van der Waals surface area contributed by atoms with Crippen molar-refractivity contribution in [3.63, 3.8) is 0 Å². The maximum Gasteiger partial charge on any atom is 0.157 e. The molecule has 1 aliphatic rings. The Morgan fingerprint density at radius 1 is 1.14 bits per heavy atom. The molecule has 1 N–H and O–H groups in total. The number of fused-ring (bicyclic) bond motifs is 1. The van der Waals surface area contributed by atoms with Gasteiger partial charge in [-0.2, -0.15) is 10.2 Å². The molecule has 4 heterocycles. The molecule has 1 atom stereocenters. The lowest BCUT2D eigenvalue weighted by molar-refractivity contribution is -0.163. The first-order chi connectivity index (χ1) is 17.9. The number of carbonyl (C=O) groups excluding carboxylic acids is 1. The molecule has 37 heavy (non-hydrogen) atoms. The molecule has 1 saturated heterocycles. The van der Waals surface area contributed by atoms with E-state index in [4.69, 9.17) is 9.47 Å². The first-order valence-electron chi connectivity index (χ1n) is 12.7. The van der Waals surface area contributed by atoms with Crippen LogP contribution < -0.4 is 5.32 Å². The van der Waals surface area contributed by atoms with Gasteiger partial charge in [0, 0.05) is 31.0 Å². The summed E-state index contributed by atoms with van der Waals surface area (Å²) >= 11 is 0. The van der Waals surface area contributed by atoms with Crippen LogP contribution in [0.15, 0.2) is 55.0 Å². The number of ether oxygens (including phenoxy) is 2. The summed E-state index contributed by atoms with van der Waals surface area (Å²) in [5.74, 6) is 0.794. The molecular weight excluding hydrogens is 468 g/mol. The van der Waals surface area contributed by atoms with Crippen LogP contribution in [-0.2, 0) is 21.4 Å². The summed E-state index contributed by atoms with van der Waals surface area (Å²) in [6, 6.07) is 11.6. The van der Waals surface area contributed by atoms with Gasteiger partial charge < -0.3 is 14.8 Å². The lowest BCUT2D eigenvalue weighted by atomic mass is 9.87. The van der Waals surface area contributed by atoms with Crippen molar-refractivity contribution in [3.05, 3.63) is 66.1 Å². The first-order valence-corrected chi connectivity index (χ1v) is 12.7. The molecule has 0 bridgehead atoms. The second kappa shape index (κ2) is 12.1. The largest absolute Gasteiger partial charge is 0.372 e. The fourth-order valence-electron chi connectivity index (χ4n) is 3.96. The Morgan fingerprint density at radius 3 is 2.62 bits per heavy atom. The molecule has 5 rings (SSSR count). The Hall–Kier alpha value is -3.56. The van der Waals surface area contributed by atoms with Crippen LogP contribution >= 0.6 is 0 Å². The van der Waals surface area contributed by atoms with Crippen LogP contribution in [-0.4, -0.2) is 57.2 Å². The van der Waals surface area contributed by atoms with E-state index in [2.05, 4.69) is 41.3 Å². The van der Waals surface area contributed by atoms with Gasteiger partial charge in [0.25, 0.3) is 0 Å². The number of rotatable bonds is 7. The van der Waals surface area contributed by atoms with Crippen LogP contribution in [0.1, 0.15) is 56.0 Å². The number of imidazole rings is 1. The molecule has 196 valence electrons. The zero-order valence-electron chi connectivity index (χ0n) is 22.1. The zero-order valence-corrected chi connectivity index (χ0v) is 22.1. The number of hydrogen-bond acceptors (Lipinski definition) is 7. The molecule has 3 aromatic heterocycles. The van der Waals surface area contributed by atoms with E-state index in [1.807, 2.05) is 66.7 Å². The quantitative estimate of drug-likeness (QED) is 0.355. The highest BCUT2D eigenvalue weighted by molar-refractivity contribution is 5.74. The minimum atomic E-state index is -0.0598. The molecule has 0 spiro atoms. The molecule has 0 aliphatic carbocycles. The molecule has 1 aliphatic heterocycles. The van der Waals surface area contributed by atoms with E-state index < -0.39 is 0 Å². The smallest absolute Gasteiger partial charge is 0.157 e. The number of benzene rings is 1. The maximum absolute atomic E-state index is 10.4. The third-order valence-electron chi connectivity index (χ3n) is 6.18. The molecule has 1 aromatic carbocycles. The number of nitrogens with zero attached hydrogens (tertiary/aromatic N) is 5. The monoisotopic (exact) mass is 504 g/mol. The van der Waals surface area contributed by atoms with Crippen molar-refractivity contribution < 1.29 is 14.3 Å². The number of aromatic nitrogens is 5. The van der Waals surface area contributed by atoms with E-state index in [-0.39, 0.29) is 11.7 Å². The Morgan fingerprint density at radius 2 is 1.95 bits per heavy atom. The summed E-state index contributed by atoms with van der Waals surface area (Å²) in [7, 11) is 1.84. The van der Waals surface area contributed by atoms with Crippen LogP contribution in [0.2, 0.25) is 0 Å². The van der Waals surface area contributed by atoms with Crippen LogP contribution in [0.5, 0.6) is 0 Å². The number of nitrogens with one attached hydrogen (secondary N) is 1. The molecule has 9 heteroatoms. The Bertz CT molecular complexity index is 1280. The van der Waals surface area contributed by atoms with Crippen molar-refractivity contribution in [3.8, 4) is 11.3 Å². The predicted molar refractivity (Wildman–Crippen MR) is 144 cm³/mol. The van der Waals surface area contributed by atoms with Gasteiger partial charge in [-0.25, -0.2) is 9.50 Å². The maximum atomic E-state index is 10.4. The van der Waals surface area contributed by atoms with Gasteiger partial charge in [-0.05, 0) is 42.4 Å². The van der Waals surface area contributed by atoms with Gasteiger partial charge in [0.1, 0.15) is 12.1 Å². The average molecular weight is 505 g/mol. The summed E-state index contributed by atoms with van der Waals surface area (Å²) in [6.45, 7) is 8.55. The minimum Gasteiger partial charge on any atom is -0.372 e. The van der Waals surface area contributed by atoms with Crippen molar-refractivity contribution in [1.29, 1.82) is 0 Å². The molecule has 4 aromatic rings. The van der Waals surface area contributed by atoms with Gasteiger partial charge in [0.2, 0.25) is 0 Å². The van der Waals surface area contributed by atoms with E-state index in [0.29, 0.717) is 13.2 Å². The van der Waals surface area contributed by atoms with E-state index >= 15 is 0 Å². The average Bonchev–Trinajstić information content (AvgIpc) is 3.56. The SMILES string of the molecule is CC(C)(C)c1ccc(C=O)cc1.CNc1cn2nc(-c3cnn(CCOC4CCCCO4)c3)ccc2n1. The van der Waals surface area contributed by atoms with E-state index in [1.165, 1.54) is 12.0 Å². The van der Waals surface area contributed by atoms with E-state index in [1.54, 1.807) is 4.52 Å². The van der Waals surface area contributed by atoms with Crippen molar-refractivity contribution in [2.45, 2.75) is 58.3 Å². The molecule has 0 radical (unpaired) electrons. The van der Waals surface area contributed by atoms with Gasteiger partial charge in [-0.3, -0.25) is 9.48 Å². The van der Waals surface area contributed by atoms with Gasteiger partial charge in [0.05, 0.1) is 31.2 Å². The van der Waals surface area contributed by atoms with Gasteiger partial charge in [-0.15, -0.1) is 0 Å². The van der Waals surface area contributed by atoms with Crippen LogP contribution in [0.25, 0.3) is 16.9 Å². The summed E-state index contributed by atoms with van der Waals surface area (Å²) in [6.07, 6.45) is 9.76. The van der Waals surface area contributed by atoms with Crippen LogP contribution in [0.4, 0.5) is 5.82 Å². The highest BCUT2D eigenvalue weighted by atomic mass is 16.7. The second-order valence-corrected chi connectivity index (χ2v) is 10.0. The van der Waals surface area contributed by atoms with Gasteiger partial charge in [-0.1, -0.05) is 45.0 Å². The topological polar surface area (TPSA) is 95.6 Å². The Kier molecular flexibility index (Phi) is 8.68. The van der Waals surface area contributed by atoms with Gasteiger partial charge >= 0.3 is 0 Å². The summed E-state index contributed by atoms with van der Waals surface area (Å²) < 4.78 is 15.0. The number of hydrogen-bond donors (Lipinski definition) is 1. The van der Waals surface area contributed by atoms with Crippen LogP contribution in [0.3, 0.4) is 0 Å². The fraction of sp³-hybridized carbons (Fsp3) is 0.429. The molecule has 1 fully saturated rings. The molecule has 0 amide bonds. The summed E-state index contributed by atoms with van der Waals surface area (Å²) in [5, 5.41) is 12.0. The first kappa shape index (κ1) is 26.5. The molecule has 0 saturated carbocycles. The predicted octanol–water partition coefficient (Wildman–Crippen LogP) is 4.97. The highest BCUT2D eigenvalue weighted by Crippen LogP contribution is 2.22. The lowest BCUT2D eigenvalue weighted by Crippen LogP contribution is -2.24. The Balaban J connectivity index is 0.000000225. The molecule has 1 unspecified atom stereocenters. The van der Waals surface area contributed by atoms with Crippen molar-refractivity contribution in [2.75, 3.05) is 25.6 Å². The zero-order chi connectivity index (χ0) is 26.3. The third-order valence-corrected chi connectivity index (χ3v) is 6.18. The normalized spacial score (nSPS) is 15.7. The van der Waals surface area contributed by atoms with Gasteiger partial charge in [0.15, 0.2) is 11.9 Å².